The van der Waals surface area contributed by atoms with E-state index in [9.17, 15) is 15.0 Å². The molecule has 0 aliphatic heterocycles. The van der Waals surface area contributed by atoms with Crippen molar-refractivity contribution < 1.29 is 15.0 Å². The number of aromatic nitrogens is 4. The van der Waals surface area contributed by atoms with E-state index in [4.69, 9.17) is 11.6 Å². The van der Waals surface area contributed by atoms with E-state index in [2.05, 4.69) is 32.8 Å². The molecule has 0 atom stereocenters. The lowest BCUT2D eigenvalue weighted by atomic mass is 10.1. The molecule has 166 valence electrons. The van der Waals surface area contributed by atoms with Crippen molar-refractivity contribution in [1.29, 1.82) is 0 Å². The predicted octanol–water partition coefficient (Wildman–Crippen LogP) is 5.20. The summed E-state index contributed by atoms with van der Waals surface area (Å²) in [6, 6.07) is 10.6. The first-order chi connectivity index (χ1) is 15.4. The summed E-state index contributed by atoms with van der Waals surface area (Å²) in [5.74, 6) is -0.153. The second kappa shape index (κ2) is 9.44. The molecule has 0 bridgehead atoms. The number of aliphatic hydroxyl groups excluding tert-OH is 1. The highest BCUT2D eigenvalue weighted by atomic mass is 79.9. The Morgan fingerprint density at radius 2 is 1.97 bits per heavy atom. The van der Waals surface area contributed by atoms with E-state index < -0.39 is 5.97 Å². The molecule has 0 aliphatic rings. The van der Waals surface area contributed by atoms with Gasteiger partial charge in [0, 0.05) is 18.2 Å². The highest BCUT2D eigenvalue weighted by molar-refractivity contribution is 9.10. The van der Waals surface area contributed by atoms with Crippen molar-refractivity contribution in [2.75, 3.05) is 0 Å². The number of halogens is 2. The number of imidazole rings is 2. The van der Waals surface area contributed by atoms with Gasteiger partial charge < -0.3 is 14.8 Å². The van der Waals surface area contributed by atoms with E-state index >= 15 is 0 Å². The Bertz CT molecular complexity index is 1300. The molecule has 0 spiro atoms. The predicted molar refractivity (Wildman–Crippen MR) is 126 cm³/mol. The number of rotatable bonds is 8. The zero-order valence-electron chi connectivity index (χ0n) is 17.4. The fourth-order valence-corrected chi connectivity index (χ4v) is 4.60. The Morgan fingerprint density at radius 3 is 2.69 bits per heavy atom. The molecule has 4 aromatic rings. The number of fused-ring (bicyclic) bond motifs is 1. The highest BCUT2D eigenvalue weighted by Gasteiger charge is 2.19. The molecule has 4 rings (SSSR count). The first kappa shape index (κ1) is 22.5. The fraction of sp³-hybridized carbons (Fsp3) is 0.261. The molecule has 3 heterocycles. The monoisotopic (exact) mass is 516 g/mol. The Hall–Kier alpha value is -2.68. The minimum Gasteiger partial charge on any atom is -0.478 e. The Balaban J connectivity index is 1.75. The van der Waals surface area contributed by atoms with E-state index in [-0.39, 0.29) is 12.2 Å². The van der Waals surface area contributed by atoms with Gasteiger partial charge >= 0.3 is 5.97 Å². The first-order valence-electron chi connectivity index (χ1n) is 10.3. The molecule has 0 amide bonds. The summed E-state index contributed by atoms with van der Waals surface area (Å²) >= 11 is 9.86. The zero-order valence-corrected chi connectivity index (χ0v) is 19.8. The van der Waals surface area contributed by atoms with E-state index in [0.29, 0.717) is 38.9 Å². The summed E-state index contributed by atoms with van der Waals surface area (Å²) in [4.78, 5) is 20.7. The van der Waals surface area contributed by atoms with Gasteiger partial charge in [0.2, 0.25) is 0 Å². The standard InChI is InChI=1S/C23H22BrClN4O3/c1-2-3-8-18-27-22(25)17(13-30)28(18)11-14-9-10-19-26-20(21(24)29(19)12-14)15-6-4-5-7-16(15)23(31)32/h4-7,9-10,12,30H,2-3,8,11,13H2,1H3,(H,31,32). The number of hydrogen-bond acceptors (Lipinski definition) is 4. The molecule has 9 heteroatoms. The van der Waals surface area contributed by atoms with Crippen LogP contribution in [0.5, 0.6) is 0 Å². The number of nitrogens with zero attached hydrogens (tertiary/aromatic N) is 4. The number of carboxylic acids is 1. The molecule has 7 nitrogen and oxygen atoms in total. The van der Waals surface area contributed by atoms with Crippen LogP contribution in [0.2, 0.25) is 5.15 Å². The van der Waals surface area contributed by atoms with Crippen LogP contribution < -0.4 is 0 Å². The Labute approximate surface area is 198 Å². The number of aromatic carboxylic acids is 1. The molecule has 0 unspecified atom stereocenters. The second-order valence-electron chi connectivity index (χ2n) is 7.48. The van der Waals surface area contributed by atoms with Crippen LogP contribution in [0.1, 0.15) is 47.2 Å². The van der Waals surface area contributed by atoms with E-state index in [1.165, 1.54) is 0 Å². The number of aliphatic hydroxyl groups is 1. The van der Waals surface area contributed by atoms with Crippen molar-refractivity contribution in [3.8, 4) is 11.3 Å². The van der Waals surface area contributed by atoms with E-state index in [1.807, 2.05) is 27.3 Å². The summed E-state index contributed by atoms with van der Waals surface area (Å²) in [6.45, 7) is 2.42. The number of carboxylic acid groups (broad SMARTS) is 1. The molecular weight excluding hydrogens is 496 g/mol. The molecule has 2 N–H and O–H groups in total. The van der Waals surface area contributed by atoms with Gasteiger partial charge in [-0.15, -0.1) is 0 Å². The number of aryl methyl sites for hydroxylation is 1. The summed E-state index contributed by atoms with van der Waals surface area (Å²) in [7, 11) is 0. The van der Waals surface area contributed by atoms with Gasteiger partial charge in [-0.1, -0.05) is 49.2 Å². The maximum atomic E-state index is 11.7. The fourth-order valence-electron chi connectivity index (χ4n) is 3.75. The lowest BCUT2D eigenvalue weighted by Crippen LogP contribution is -2.09. The maximum absolute atomic E-state index is 11.7. The van der Waals surface area contributed by atoms with Crippen LogP contribution in [0.4, 0.5) is 0 Å². The van der Waals surface area contributed by atoms with Crippen LogP contribution in [0.15, 0.2) is 47.2 Å². The number of benzene rings is 1. The summed E-state index contributed by atoms with van der Waals surface area (Å²) in [5, 5.41) is 19.7. The molecule has 0 saturated carbocycles. The Morgan fingerprint density at radius 1 is 1.19 bits per heavy atom. The van der Waals surface area contributed by atoms with Crippen molar-refractivity contribution in [3.63, 3.8) is 0 Å². The van der Waals surface area contributed by atoms with E-state index in [1.54, 1.807) is 24.3 Å². The van der Waals surface area contributed by atoms with Crippen LogP contribution in [0, 0.1) is 0 Å². The van der Waals surface area contributed by atoms with Crippen LogP contribution in [0.3, 0.4) is 0 Å². The van der Waals surface area contributed by atoms with Crippen molar-refractivity contribution >= 4 is 39.1 Å². The van der Waals surface area contributed by atoms with E-state index in [0.717, 1.165) is 30.7 Å². The third-order valence-electron chi connectivity index (χ3n) is 5.38. The summed E-state index contributed by atoms with van der Waals surface area (Å²) < 4.78 is 4.51. The van der Waals surface area contributed by atoms with Gasteiger partial charge in [-0.25, -0.2) is 14.8 Å². The van der Waals surface area contributed by atoms with Gasteiger partial charge in [-0.2, -0.15) is 0 Å². The van der Waals surface area contributed by atoms with Crippen molar-refractivity contribution in [2.24, 2.45) is 0 Å². The molecule has 0 fully saturated rings. The van der Waals surface area contributed by atoms with Gasteiger partial charge in [0.15, 0.2) is 5.15 Å². The third-order valence-corrected chi connectivity index (χ3v) is 6.44. The van der Waals surface area contributed by atoms with Crippen LogP contribution >= 0.6 is 27.5 Å². The zero-order chi connectivity index (χ0) is 22.8. The average Bonchev–Trinajstić information content (AvgIpc) is 3.27. The number of hydrogen-bond donors (Lipinski definition) is 2. The largest absolute Gasteiger partial charge is 0.478 e. The molecular formula is C23H22BrClN4O3. The number of pyridine rings is 1. The molecule has 32 heavy (non-hydrogen) atoms. The molecule has 0 aliphatic carbocycles. The third kappa shape index (κ3) is 4.18. The highest BCUT2D eigenvalue weighted by Crippen LogP contribution is 2.32. The van der Waals surface area contributed by atoms with Crippen LogP contribution in [0.25, 0.3) is 16.9 Å². The van der Waals surface area contributed by atoms with Gasteiger partial charge in [-0.3, -0.25) is 4.40 Å². The SMILES string of the molecule is CCCCc1nc(Cl)c(CO)n1Cc1ccc2nc(-c3ccccc3C(=O)O)c(Br)n2c1. The van der Waals surface area contributed by atoms with Crippen molar-refractivity contribution in [3.05, 3.63) is 75.0 Å². The van der Waals surface area contributed by atoms with Gasteiger partial charge in [0.1, 0.15) is 21.8 Å². The molecule has 1 aromatic carbocycles. The van der Waals surface area contributed by atoms with Crippen LogP contribution in [-0.2, 0) is 19.6 Å². The number of carbonyl (C=O) groups is 1. The number of unbranched alkanes of at least 4 members (excludes halogenated alkanes) is 1. The van der Waals surface area contributed by atoms with Gasteiger partial charge in [-0.05, 0) is 40.0 Å². The lowest BCUT2D eigenvalue weighted by molar-refractivity contribution is 0.0697. The topological polar surface area (TPSA) is 92.7 Å². The molecule has 0 radical (unpaired) electrons. The maximum Gasteiger partial charge on any atom is 0.336 e. The van der Waals surface area contributed by atoms with Gasteiger partial charge in [0.25, 0.3) is 0 Å². The van der Waals surface area contributed by atoms with Crippen LogP contribution in [-0.4, -0.2) is 35.1 Å². The molecule has 0 saturated heterocycles. The van der Waals surface area contributed by atoms with Gasteiger partial charge in [0.05, 0.1) is 24.4 Å². The quantitative estimate of drug-likeness (QED) is 0.335. The second-order valence-corrected chi connectivity index (χ2v) is 8.59. The summed E-state index contributed by atoms with van der Waals surface area (Å²) in [5.41, 5.74) is 3.55. The lowest BCUT2D eigenvalue weighted by Gasteiger charge is -2.11. The minimum absolute atomic E-state index is 0.189. The molecule has 3 aromatic heterocycles. The smallest absolute Gasteiger partial charge is 0.336 e. The van der Waals surface area contributed by atoms with Crippen molar-refractivity contribution in [1.82, 2.24) is 18.9 Å². The summed E-state index contributed by atoms with van der Waals surface area (Å²) in [6.07, 6.45) is 4.74. The Kier molecular flexibility index (Phi) is 6.64. The average molecular weight is 518 g/mol. The normalized spacial score (nSPS) is 11.4. The first-order valence-corrected chi connectivity index (χ1v) is 11.5. The minimum atomic E-state index is -1.00. The van der Waals surface area contributed by atoms with Crippen molar-refractivity contribution in [2.45, 2.75) is 39.3 Å².